The molecule has 1 N–H and O–H groups in total. The van der Waals surface area contributed by atoms with Crippen molar-refractivity contribution in [2.24, 2.45) is 0 Å². The lowest BCUT2D eigenvalue weighted by atomic mass is 9.92. The highest BCUT2D eigenvalue weighted by atomic mass is 35.5. The van der Waals surface area contributed by atoms with Crippen LogP contribution in [-0.2, 0) is 0 Å². The van der Waals surface area contributed by atoms with E-state index in [0.717, 1.165) is 16.5 Å². The number of Topliss-reactive ketones (excluding diaryl/α,β-unsaturated/α-hetero) is 1. The highest BCUT2D eigenvalue weighted by Gasteiger charge is 2.20. The Morgan fingerprint density at radius 3 is 2.65 bits per heavy atom. The smallest absolute Gasteiger partial charge is 0.172 e. The number of H-pyrrole nitrogens is 1. The third-order valence-electron chi connectivity index (χ3n) is 3.60. The Bertz CT molecular complexity index is 761. The summed E-state index contributed by atoms with van der Waals surface area (Å²) in [6.07, 6.45) is 1.77. The molecule has 0 saturated carbocycles. The summed E-state index contributed by atoms with van der Waals surface area (Å²) in [5.41, 5.74) is 2.64. The molecule has 1 unspecified atom stereocenters. The van der Waals surface area contributed by atoms with Crippen molar-refractivity contribution >= 4 is 28.3 Å². The van der Waals surface area contributed by atoms with Crippen LogP contribution in [0.25, 0.3) is 10.9 Å². The van der Waals surface area contributed by atoms with Crippen LogP contribution in [0.2, 0.25) is 5.02 Å². The molecular formula is C17H14ClNO. The van der Waals surface area contributed by atoms with Gasteiger partial charge in [0.2, 0.25) is 0 Å². The molecule has 0 spiro atoms. The molecule has 0 bridgehead atoms. The van der Waals surface area contributed by atoms with Gasteiger partial charge in [0, 0.05) is 33.6 Å². The normalized spacial score (nSPS) is 12.5. The van der Waals surface area contributed by atoms with Gasteiger partial charge in [-0.2, -0.15) is 0 Å². The fourth-order valence-corrected chi connectivity index (χ4v) is 2.60. The largest absolute Gasteiger partial charge is 0.360 e. The second-order valence-electron chi connectivity index (χ2n) is 4.89. The van der Waals surface area contributed by atoms with Crippen molar-refractivity contribution in [3.8, 4) is 0 Å². The summed E-state index contributed by atoms with van der Waals surface area (Å²) < 4.78 is 0. The number of hydrogen-bond donors (Lipinski definition) is 1. The van der Waals surface area contributed by atoms with Crippen LogP contribution in [0.5, 0.6) is 0 Å². The molecule has 3 heteroatoms. The number of nitrogens with one attached hydrogen (secondary N) is 1. The predicted molar refractivity (Wildman–Crippen MR) is 82.5 cm³/mol. The summed E-state index contributed by atoms with van der Waals surface area (Å²) in [6, 6.07) is 15.3. The molecule has 0 amide bonds. The molecular weight excluding hydrogens is 270 g/mol. The standard InChI is InChI=1S/C17H14ClNO/c1-11(12-5-3-2-4-6-12)17(20)15-10-19-16-8-7-13(18)9-14(15)16/h2-11,19H,1H3. The van der Waals surface area contributed by atoms with Crippen LogP contribution >= 0.6 is 11.6 Å². The van der Waals surface area contributed by atoms with Gasteiger partial charge in [-0.3, -0.25) is 4.79 Å². The molecule has 0 aliphatic carbocycles. The van der Waals surface area contributed by atoms with E-state index in [1.807, 2.05) is 55.5 Å². The summed E-state index contributed by atoms with van der Waals surface area (Å²) in [7, 11) is 0. The van der Waals surface area contributed by atoms with E-state index in [0.29, 0.717) is 10.6 Å². The monoisotopic (exact) mass is 283 g/mol. The van der Waals surface area contributed by atoms with E-state index in [1.54, 1.807) is 6.20 Å². The van der Waals surface area contributed by atoms with E-state index >= 15 is 0 Å². The van der Waals surface area contributed by atoms with Crippen molar-refractivity contribution in [3.63, 3.8) is 0 Å². The van der Waals surface area contributed by atoms with Crippen molar-refractivity contribution in [3.05, 3.63) is 70.9 Å². The van der Waals surface area contributed by atoms with Crippen LogP contribution in [-0.4, -0.2) is 10.8 Å². The molecule has 0 radical (unpaired) electrons. The van der Waals surface area contributed by atoms with Crippen LogP contribution in [0.4, 0.5) is 0 Å². The van der Waals surface area contributed by atoms with Crippen molar-refractivity contribution in [2.45, 2.75) is 12.8 Å². The van der Waals surface area contributed by atoms with E-state index in [-0.39, 0.29) is 11.7 Å². The van der Waals surface area contributed by atoms with Gasteiger partial charge in [-0.1, -0.05) is 48.9 Å². The molecule has 0 saturated heterocycles. The molecule has 2 nitrogen and oxygen atoms in total. The summed E-state index contributed by atoms with van der Waals surface area (Å²) in [6.45, 7) is 1.93. The molecule has 100 valence electrons. The first kappa shape index (κ1) is 12.9. The molecule has 1 aromatic heterocycles. The van der Waals surface area contributed by atoms with E-state index in [1.165, 1.54) is 0 Å². The topological polar surface area (TPSA) is 32.9 Å². The lowest BCUT2D eigenvalue weighted by Crippen LogP contribution is -2.08. The number of aromatic amines is 1. The summed E-state index contributed by atoms with van der Waals surface area (Å²) in [5.74, 6) is -0.0705. The third-order valence-corrected chi connectivity index (χ3v) is 3.84. The minimum atomic E-state index is -0.172. The van der Waals surface area contributed by atoms with Gasteiger partial charge in [0.1, 0.15) is 0 Å². The molecule has 2 aromatic carbocycles. The number of ketones is 1. The average molecular weight is 284 g/mol. The fraction of sp³-hybridized carbons (Fsp3) is 0.118. The number of carbonyl (C=O) groups is 1. The Hall–Kier alpha value is -2.06. The van der Waals surface area contributed by atoms with Gasteiger partial charge in [0.15, 0.2) is 5.78 Å². The predicted octanol–water partition coefficient (Wildman–Crippen LogP) is 4.81. The molecule has 20 heavy (non-hydrogen) atoms. The molecule has 1 heterocycles. The molecule has 1 atom stereocenters. The maximum Gasteiger partial charge on any atom is 0.172 e. The van der Waals surface area contributed by atoms with Gasteiger partial charge < -0.3 is 4.98 Å². The first-order chi connectivity index (χ1) is 9.66. The Labute approximate surface area is 122 Å². The van der Waals surface area contributed by atoms with Crippen molar-refractivity contribution in [1.29, 1.82) is 0 Å². The van der Waals surface area contributed by atoms with E-state index in [9.17, 15) is 4.79 Å². The Kier molecular flexibility index (Phi) is 3.33. The first-order valence-electron chi connectivity index (χ1n) is 6.52. The molecule has 3 rings (SSSR count). The van der Waals surface area contributed by atoms with E-state index in [2.05, 4.69) is 4.98 Å². The van der Waals surface area contributed by atoms with Crippen LogP contribution in [0.1, 0.15) is 28.8 Å². The second-order valence-corrected chi connectivity index (χ2v) is 5.33. The van der Waals surface area contributed by atoms with Crippen LogP contribution in [0.3, 0.4) is 0 Å². The number of carbonyl (C=O) groups excluding carboxylic acids is 1. The average Bonchev–Trinajstić information content (AvgIpc) is 2.89. The molecule has 0 fully saturated rings. The number of aromatic nitrogens is 1. The number of rotatable bonds is 3. The van der Waals surface area contributed by atoms with Gasteiger partial charge in [-0.25, -0.2) is 0 Å². The summed E-state index contributed by atoms with van der Waals surface area (Å²) in [5, 5.41) is 1.52. The van der Waals surface area contributed by atoms with Crippen LogP contribution in [0.15, 0.2) is 54.7 Å². The van der Waals surface area contributed by atoms with E-state index in [4.69, 9.17) is 11.6 Å². The highest BCUT2D eigenvalue weighted by molar-refractivity contribution is 6.31. The summed E-state index contributed by atoms with van der Waals surface area (Å²) >= 11 is 6.02. The van der Waals surface area contributed by atoms with Crippen LogP contribution < -0.4 is 0 Å². The Balaban J connectivity index is 2.03. The van der Waals surface area contributed by atoms with Gasteiger partial charge in [-0.15, -0.1) is 0 Å². The lowest BCUT2D eigenvalue weighted by Gasteiger charge is -2.10. The lowest BCUT2D eigenvalue weighted by molar-refractivity contribution is 0.0968. The van der Waals surface area contributed by atoms with Gasteiger partial charge in [-0.05, 0) is 23.8 Å². The zero-order chi connectivity index (χ0) is 14.1. The van der Waals surface area contributed by atoms with Crippen molar-refractivity contribution in [2.75, 3.05) is 0 Å². The van der Waals surface area contributed by atoms with Gasteiger partial charge in [0.05, 0.1) is 0 Å². The molecule has 0 aliphatic heterocycles. The van der Waals surface area contributed by atoms with Crippen LogP contribution in [0, 0.1) is 0 Å². The fourth-order valence-electron chi connectivity index (χ4n) is 2.42. The van der Waals surface area contributed by atoms with Gasteiger partial charge >= 0.3 is 0 Å². The Morgan fingerprint density at radius 1 is 1.15 bits per heavy atom. The number of fused-ring (bicyclic) bond motifs is 1. The van der Waals surface area contributed by atoms with Crippen molar-refractivity contribution < 1.29 is 4.79 Å². The highest BCUT2D eigenvalue weighted by Crippen LogP contribution is 2.27. The maximum atomic E-state index is 12.7. The second kappa shape index (κ2) is 5.14. The zero-order valence-corrected chi connectivity index (χ0v) is 11.8. The first-order valence-corrected chi connectivity index (χ1v) is 6.90. The maximum absolute atomic E-state index is 12.7. The minimum Gasteiger partial charge on any atom is -0.360 e. The SMILES string of the molecule is CC(C(=O)c1c[nH]c2ccc(Cl)cc12)c1ccccc1. The van der Waals surface area contributed by atoms with Crippen molar-refractivity contribution in [1.82, 2.24) is 4.98 Å². The number of hydrogen-bond acceptors (Lipinski definition) is 1. The van der Waals surface area contributed by atoms with E-state index < -0.39 is 0 Å². The Morgan fingerprint density at radius 2 is 1.90 bits per heavy atom. The summed E-state index contributed by atoms with van der Waals surface area (Å²) in [4.78, 5) is 15.8. The molecule has 0 aliphatic rings. The van der Waals surface area contributed by atoms with Gasteiger partial charge in [0.25, 0.3) is 0 Å². The zero-order valence-electron chi connectivity index (χ0n) is 11.1. The minimum absolute atomic E-state index is 0.102. The quantitative estimate of drug-likeness (QED) is 0.688. The number of benzene rings is 2. The third kappa shape index (κ3) is 2.23. The molecule has 3 aromatic rings. The number of halogens is 1.